The molecular weight excluding hydrogens is 376 g/mol. The van der Waals surface area contributed by atoms with Crippen LogP contribution in [-0.4, -0.2) is 49.8 Å². The molecule has 6 nitrogen and oxygen atoms in total. The number of carbonyl (C=O) groups excluding carboxylic acids is 1. The molecule has 2 aromatic carbocycles. The maximum absolute atomic E-state index is 13.5. The summed E-state index contributed by atoms with van der Waals surface area (Å²) < 4.78 is 28.8. The van der Waals surface area contributed by atoms with Crippen LogP contribution in [0.4, 0.5) is 8.78 Å². The van der Waals surface area contributed by atoms with E-state index in [0.717, 1.165) is 33.1 Å². The minimum atomic E-state index is -2.80. The van der Waals surface area contributed by atoms with Crippen molar-refractivity contribution < 1.29 is 13.6 Å². The molecule has 4 aromatic rings. The maximum atomic E-state index is 13.5. The summed E-state index contributed by atoms with van der Waals surface area (Å²) >= 11 is 0. The van der Waals surface area contributed by atoms with Crippen LogP contribution in [-0.2, 0) is 13.5 Å². The number of aromatic amines is 1. The number of nitrogens with zero attached hydrogens (tertiary/aromatic N) is 4. The first kappa shape index (κ1) is 17.8. The Bertz CT molecular complexity index is 1240. The fourth-order valence-corrected chi connectivity index (χ4v) is 3.93. The van der Waals surface area contributed by atoms with Crippen LogP contribution in [0.5, 0.6) is 0 Å². The van der Waals surface area contributed by atoms with E-state index in [-0.39, 0.29) is 18.9 Å². The van der Waals surface area contributed by atoms with Gasteiger partial charge in [0.05, 0.1) is 23.8 Å². The molecule has 0 saturated carbocycles. The highest BCUT2D eigenvalue weighted by molar-refractivity contribution is 5.98. The van der Waals surface area contributed by atoms with E-state index in [1.54, 1.807) is 18.2 Å². The van der Waals surface area contributed by atoms with Crippen LogP contribution >= 0.6 is 0 Å². The van der Waals surface area contributed by atoms with Gasteiger partial charge in [-0.1, -0.05) is 12.1 Å². The number of hydrogen-bond acceptors (Lipinski definition) is 3. The third-order valence-corrected chi connectivity index (χ3v) is 5.53. The standard InChI is InChI=1S/C21H19F2N5O/c1-27-19-9-13(2-3-15(19)11-24-27)8-18-16-10-14(4-5-17(16)25-26-18)20(29)28-7-6-21(22,23)12-28/h2-5,9-11H,6-8,12H2,1H3,(H,25,26). The van der Waals surface area contributed by atoms with Crippen molar-refractivity contribution in [3.63, 3.8) is 0 Å². The smallest absolute Gasteiger partial charge is 0.267 e. The summed E-state index contributed by atoms with van der Waals surface area (Å²) in [5.41, 5.74) is 4.15. The second-order valence-corrected chi connectivity index (χ2v) is 7.60. The van der Waals surface area contributed by atoms with Gasteiger partial charge in [0.15, 0.2) is 0 Å². The fraction of sp³-hybridized carbons (Fsp3) is 0.286. The van der Waals surface area contributed by atoms with Crippen molar-refractivity contribution in [1.82, 2.24) is 24.9 Å². The third-order valence-electron chi connectivity index (χ3n) is 5.53. The van der Waals surface area contributed by atoms with Gasteiger partial charge in [0.1, 0.15) is 0 Å². The first-order chi connectivity index (χ1) is 13.9. The largest absolute Gasteiger partial charge is 0.332 e. The van der Waals surface area contributed by atoms with Gasteiger partial charge < -0.3 is 4.90 Å². The second kappa shape index (κ2) is 6.37. The van der Waals surface area contributed by atoms with Gasteiger partial charge in [-0.3, -0.25) is 14.6 Å². The third kappa shape index (κ3) is 3.14. The van der Waals surface area contributed by atoms with Gasteiger partial charge in [0, 0.05) is 48.5 Å². The zero-order valence-electron chi connectivity index (χ0n) is 15.8. The van der Waals surface area contributed by atoms with E-state index in [2.05, 4.69) is 21.4 Å². The van der Waals surface area contributed by atoms with Crippen molar-refractivity contribution in [3.05, 3.63) is 59.4 Å². The Morgan fingerprint density at radius 2 is 2.10 bits per heavy atom. The highest BCUT2D eigenvalue weighted by atomic mass is 19.3. The summed E-state index contributed by atoms with van der Waals surface area (Å²) in [5, 5.41) is 13.5. The van der Waals surface area contributed by atoms with Crippen molar-refractivity contribution in [2.24, 2.45) is 7.05 Å². The predicted molar refractivity (Wildman–Crippen MR) is 105 cm³/mol. The lowest BCUT2D eigenvalue weighted by molar-refractivity contribution is 0.0120. The molecule has 1 saturated heterocycles. The van der Waals surface area contributed by atoms with E-state index in [1.807, 2.05) is 30.1 Å². The number of amides is 1. The van der Waals surface area contributed by atoms with Crippen molar-refractivity contribution in [3.8, 4) is 0 Å². The predicted octanol–water partition coefficient (Wildman–Crippen LogP) is 3.52. The molecule has 0 bridgehead atoms. The van der Waals surface area contributed by atoms with Crippen LogP contribution in [0.2, 0.25) is 0 Å². The molecule has 2 aromatic heterocycles. The lowest BCUT2D eigenvalue weighted by atomic mass is 10.0. The Hall–Kier alpha value is -3.29. The molecular formula is C21H19F2N5O. The number of likely N-dealkylation sites (tertiary alicyclic amines) is 1. The van der Waals surface area contributed by atoms with Gasteiger partial charge in [-0.2, -0.15) is 10.2 Å². The van der Waals surface area contributed by atoms with Gasteiger partial charge in [-0.15, -0.1) is 0 Å². The van der Waals surface area contributed by atoms with E-state index in [9.17, 15) is 13.6 Å². The Morgan fingerprint density at radius 1 is 1.24 bits per heavy atom. The average Bonchev–Trinajstić information content (AvgIpc) is 3.39. The Labute approximate surface area is 165 Å². The molecule has 1 N–H and O–H groups in total. The number of halogens is 2. The molecule has 29 heavy (non-hydrogen) atoms. The van der Waals surface area contributed by atoms with Crippen LogP contribution in [0.3, 0.4) is 0 Å². The van der Waals surface area contributed by atoms with Gasteiger partial charge in [-0.25, -0.2) is 8.78 Å². The van der Waals surface area contributed by atoms with Crippen LogP contribution in [0.25, 0.3) is 21.8 Å². The number of H-pyrrole nitrogens is 1. The lowest BCUT2D eigenvalue weighted by Crippen LogP contribution is -2.31. The molecule has 0 radical (unpaired) electrons. The van der Waals surface area contributed by atoms with Crippen LogP contribution in [0, 0.1) is 0 Å². The first-order valence-electron chi connectivity index (χ1n) is 9.44. The monoisotopic (exact) mass is 395 g/mol. The second-order valence-electron chi connectivity index (χ2n) is 7.60. The highest BCUT2D eigenvalue weighted by Crippen LogP contribution is 2.29. The molecule has 0 atom stereocenters. The average molecular weight is 395 g/mol. The Morgan fingerprint density at radius 3 is 2.90 bits per heavy atom. The summed E-state index contributed by atoms with van der Waals surface area (Å²) in [4.78, 5) is 13.9. The van der Waals surface area contributed by atoms with Crippen LogP contribution in [0.1, 0.15) is 28.0 Å². The summed E-state index contributed by atoms with van der Waals surface area (Å²) in [5.74, 6) is -3.17. The van der Waals surface area contributed by atoms with E-state index < -0.39 is 12.5 Å². The molecule has 0 spiro atoms. The molecule has 0 unspecified atom stereocenters. The highest BCUT2D eigenvalue weighted by Gasteiger charge is 2.40. The summed E-state index contributed by atoms with van der Waals surface area (Å²) in [6.07, 6.45) is 2.15. The summed E-state index contributed by atoms with van der Waals surface area (Å²) in [7, 11) is 1.90. The number of aromatic nitrogens is 4. The molecule has 8 heteroatoms. The van der Waals surface area contributed by atoms with E-state index in [1.165, 1.54) is 4.90 Å². The Balaban J connectivity index is 1.46. The first-order valence-corrected chi connectivity index (χ1v) is 9.44. The Kier molecular flexibility index (Phi) is 3.90. The number of nitrogens with one attached hydrogen (secondary N) is 1. The zero-order chi connectivity index (χ0) is 20.2. The molecule has 1 amide bonds. The minimum absolute atomic E-state index is 0.0762. The number of alkyl halides is 2. The summed E-state index contributed by atoms with van der Waals surface area (Å²) in [6, 6.07) is 11.3. The molecule has 5 rings (SSSR count). The number of fused-ring (bicyclic) bond motifs is 2. The zero-order valence-corrected chi connectivity index (χ0v) is 15.8. The molecule has 0 aliphatic carbocycles. The van der Waals surface area contributed by atoms with Crippen molar-refractivity contribution in [2.75, 3.05) is 13.1 Å². The van der Waals surface area contributed by atoms with E-state index >= 15 is 0 Å². The van der Waals surface area contributed by atoms with Crippen molar-refractivity contribution in [1.29, 1.82) is 0 Å². The van der Waals surface area contributed by atoms with Gasteiger partial charge in [-0.05, 0) is 29.8 Å². The maximum Gasteiger partial charge on any atom is 0.267 e. The molecule has 148 valence electrons. The van der Waals surface area contributed by atoms with E-state index in [4.69, 9.17) is 0 Å². The quantitative estimate of drug-likeness (QED) is 0.577. The SMILES string of the molecule is Cn1ncc2ccc(Cc3[nH]nc4ccc(C(=O)N5CCC(F)(F)C5)cc34)cc21. The summed E-state index contributed by atoms with van der Waals surface area (Å²) in [6.45, 7) is -0.445. The number of benzene rings is 2. The molecule has 1 aliphatic heterocycles. The topological polar surface area (TPSA) is 66.8 Å². The van der Waals surface area contributed by atoms with Gasteiger partial charge in [0.2, 0.25) is 0 Å². The van der Waals surface area contributed by atoms with Gasteiger partial charge in [0.25, 0.3) is 11.8 Å². The number of hydrogen-bond donors (Lipinski definition) is 1. The number of aryl methyl sites for hydroxylation is 1. The molecule has 3 heterocycles. The molecule has 1 fully saturated rings. The number of rotatable bonds is 3. The van der Waals surface area contributed by atoms with Gasteiger partial charge >= 0.3 is 0 Å². The minimum Gasteiger partial charge on any atom is -0.332 e. The van der Waals surface area contributed by atoms with Crippen molar-refractivity contribution >= 4 is 27.7 Å². The van der Waals surface area contributed by atoms with Crippen LogP contribution in [0.15, 0.2) is 42.6 Å². The molecule has 1 aliphatic rings. The lowest BCUT2D eigenvalue weighted by Gasteiger charge is -2.16. The number of carbonyl (C=O) groups is 1. The normalized spacial score (nSPS) is 16.2. The fourth-order valence-electron chi connectivity index (χ4n) is 3.93. The van der Waals surface area contributed by atoms with Crippen LogP contribution < -0.4 is 0 Å². The van der Waals surface area contributed by atoms with E-state index in [0.29, 0.717) is 12.0 Å². The van der Waals surface area contributed by atoms with Crippen molar-refractivity contribution in [2.45, 2.75) is 18.8 Å².